The quantitative estimate of drug-likeness (QED) is 0.606. The van der Waals surface area contributed by atoms with Gasteiger partial charge in [-0.3, -0.25) is 9.89 Å². The summed E-state index contributed by atoms with van der Waals surface area (Å²) in [5.41, 5.74) is 5.45. The van der Waals surface area contributed by atoms with Crippen LogP contribution in [0.2, 0.25) is 0 Å². The first kappa shape index (κ1) is 18.5. The van der Waals surface area contributed by atoms with Crippen LogP contribution in [0.1, 0.15) is 31.2 Å². The molecule has 1 aromatic carbocycles. The standard InChI is InChI=1S/C23H25N7O/c1-30(16-8-14-2-3-15(9-16)26-14)21-7-6-20(28-29-21)18-5-4-17(13-11-24-25-12-13)19-10-22(31)27-23(18)19/h4-7,11-12,14-16,26H,2-3,8-10H2,1H3,(H,24,25)(H,27,31)/t14-,15+,16-. The van der Waals surface area contributed by atoms with Crippen LogP contribution in [0.25, 0.3) is 22.4 Å². The van der Waals surface area contributed by atoms with Crippen LogP contribution in [-0.2, 0) is 11.2 Å². The number of carbonyl (C=O) groups is 1. The Kier molecular flexibility index (Phi) is 4.27. The van der Waals surface area contributed by atoms with Crippen molar-refractivity contribution in [3.05, 3.63) is 42.2 Å². The molecule has 3 N–H and O–H groups in total. The number of piperidine rings is 1. The molecular formula is C23H25N7O. The number of aromatic amines is 1. The molecule has 8 heteroatoms. The minimum Gasteiger partial charge on any atom is -0.355 e. The van der Waals surface area contributed by atoms with Gasteiger partial charge in [-0.05, 0) is 48.9 Å². The number of carbonyl (C=O) groups excluding carboxylic acids is 1. The molecule has 8 nitrogen and oxygen atoms in total. The predicted octanol–water partition coefficient (Wildman–Crippen LogP) is 2.75. The van der Waals surface area contributed by atoms with Gasteiger partial charge in [-0.1, -0.05) is 12.1 Å². The summed E-state index contributed by atoms with van der Waals surface area (Å²) in [5.74, 6) is 0.891. The highest BCUT2D eigenvalue weighted by atomic mass is 16.1. The van der Waals surface area contributed by atoms with Crippen molar-refractivity contribution < 1.29 is 4.79 Å². The van der Waals surface area contributed by atoms with E-state index in [4.69, 9.17) is 0 Å². The van der Waals surface area contributed by atoms with Gasteiger partial charge in [0.15, 0.2) is 5.82 Å². The molecule has 0 spiro atoms. The third-order valence-corrected chi connectivity index (χ3v) is 7.01. The van der Waals surface area contributed by atoms with Gasteiger partial charge in [0.1, 0.15) is 0 Å². The molecule has 2 aromatic heterocycles. The van der Waals surface area contributed by atoms with Crippen molar-refractivity contribution in [1.29, 1.82) is 0 Å². The maximum atomic E-state index is 12.2. The summed E-state index contributed by atoms with van der Waals surface area (Å²) < 4.78 is 0. The third kappa shape index (κ3) is 3.18. The third-order valence-electron chi connectivity index (χ3n) is 7.01. The first-order valence-corrected chi connectivity index (χ1v) is 10.9. The zero-order valence-electron chi connectivity index (χ0n) is 17.4. The second kappa shape index (κ2) is 7.16. The highest BCUT2D eigenvalue weighted by molar-refractivity contribution is 6.06. The topological polar surface area (TPSA) is 98.8 Å². The van der Waals surface area contributed by atoms with Gasteiger partial charge >= 0.3 is 0 Å². The molecule has 3 atom stereocenters. The number of amides is 1. The van der Waals surface area contributed by atoms with Crippen molar-refractivity contribution in [1.82, 2.24) is 25.7 Å². The van der Waals surface area contributed by atoms with E-state index in [1.54, 1.807) is 6.20 Å². The Hall–Kier alpha value is -3.26. The first-order chi connectivity index (χ1) is 15.2. The maximum Gasteiger partial charge on any atom is 0.228 e. The summed E-state index contributed by atoms with van der Waals surface area (Å²) in [6.45, 7) is 0. The molecular weight excluding hydrogens is 390 g/mol. The number of benzene rings is 1. The predicted molar refractivity (Wildman–Crippen MR) is 119 cm³/mol. The molecule has 158 valence electrons. The summed E-state index contributed by atoms with van der Waals surface area (Å²) in [4.78, 5) is 14.5. The van der Waals surface area contributed by atoms with Gasteiger partial charge in [-0.25, -0.2) is 0 Å². The van der Waals surface area contributed by atoms with Gasteiger partial charge in [0, 0.05) is 42.5 Å². The highest BCUT2D eigenvalue weighted by Crippen LogP contribution is 2.40. The van der Waals surface area contributed by atoms with Crippen molar-refractivity contribution in [3.63, 3.8) is 0 Å². The highest BCUT2D eigenvalue weighted by Gasteiger charge is 2.35. The van der Waals surface area contributed by atoms with Crippen LogP contribution in [0.4, 0.5) is 11.5 Å². The Balaban J connectivity index is 1.30. The van der Waals surface area contributed by atoms with Crippen molar-refractivity contribution >= 4 is 17.4 Å². The molecule has 0 saturated carbocycles. The molecule has 2 bridgehead atoms. The molecule has 6 rings (SSSR count). The van der Waals surface area contributed by atoms with E-state index in [1.165, 1.54) is 12.8 Å². The van der Waals surface area contributed by atoms with Crippen molar-refractivity contribution in [2.24, 2.45) is 0 Å². The fourth-order valence-electron chi connectivity index (χ4n) is 5.39. The first-order valence-electron chi connectivity index (χ1n) is 10.9. The lowest BCUT2D eigenvalue weighted by atomic mass is 9.96. The van der Waals surface area contributed by atoms with Gasteiger partial charge in [0.05, 0.1) is 24.0 Å². The van der Waals surface area contributed by atoms with E-state index in [-0.39, 0.29) is 5.91 Å². The molecule has 3 aromatic rings. The average molecular weight is 416 g/mol. The van der Waals surface area contributed by atoms with E-state index >= 15 is 0 Å². The summed E-state index contributed by atoms with van der Waals surface area (Å²) in [6, 6.07) is 9.86. The number of rotatable bonds is 4. The molecule has 31 heavy (non-hydrogen) atoms. The Bertz CT molecular complexity index is 1110. The van der Waals surface area contributed by atoms with Gasteiger partial charge in [-0.2, -0.15) is 5.10 Å². The van der Waals surface area contributed by atoms with Crippen LogP contribution < -0.4 is 15.5 Å². The Labute approximate surface area is 180 Å². The number of aromatic nitrogens is 4. The Morgan fingerprint density at radius 3 is 2.55 bits per heavy atom. The monoisotopic (exact) mass is 415 g/mol. The fourth-order valence-corrected chi connectivity index (χ4v) is 5.39. The van der Waals surface area contributed by atoms with Crippen molar-refractivity contribution in [2.45, 2.75) is 50.2 Å². The number of hydrogen-bond donors (Lipinski definition) is 3. The smallest absolute Gasteiger partial charge is 0.228 e. The van der Waals surface area contributed by atoms with E-state index in [2.05, 4.69) is 43.0 Å². The van der Waals surface area contributed by atoms with E-state index in [0.29, 0.717) is 24.5 Å². The molecule has 5 heterocycles. The van der Waals surface area contributed by atoms with Crippen LogP contribution in [-0.4, -0.2) is 51.5 Å². The lowest BCUT2D eigenvalue weighted by molar-refractivity contribution is -0.115. The second-order valence-electron chi connectivity index (χ2n) is 8.88. The summed E-state index contributed by atoms with van der Waals surface area (Å²) in [6.07, 6.45) is 8.86. The van der Waals surface area contributed by atoms with Crippen LogP contribution in [0.5, 0.6) is 0 Å². The van der Waals surface area contributed by atoms with Gasteiger partial charge in [-0.15, -0.1) is 10.2 Å². The minimum atomic E-state index is -0.00274. The summed E-state index contributed by atoms with van der Waals surface area (Å²) >= 11 is 0. The van der Waals surface area contributed by atoms with Crippen LogP contribution >= 0.6 is 0 Å². The van der Waals surface area contributed by atoms with Crippen LogP contribution in [0, 0.1) is 0 Å². The fraction of sp³-hybridized carbons (Fsp3) is 0.391. The van der Waals surface area contributed by atoms with Crippen molar-refractivity contribution in [2.75, 3.05) is 17.3 Å². The normalized spacial score (nSPS) is 24.2. The second-order valence-corrected chi connectivity index (χ2v) is 8.88. The molecule has 2 saturated heterocycles. The molecule has 0 unspecified atom stereocenters. The largest absolute Gasteiger partial charge is 0.355 e. The van der Waals surface area contributed by atoms with E-state index in [1.807, 2.05) is 30.5 Å². The number of H-pyrrole nitrogens is 1. The van der Waals surface area contributed by atoms with E-state index < -0.39 is 0 Å². The number of fused-ring (bicyclic) bond motifs is 3. The van der Waals surface area contributed by atoms with Gasteiger partial charge in [0.2, 0.25) is 5.91 Å². The van der Waals surface area contributed by atoms with Gasteiger partial charge in [0.25, 0.3) is 0 Å². The van der Waals surface area contributed by atoms with Crippen LogP contribution in [0.3, 0.4) is 0 Å². The molecule has 2 fully saturated rings. The lowest BCUT2D eigenvalue weighted by Gasteiger charge is -2.36. The van der Waals surface area contributed by atoms with E-state index in [0.717, 1.165) is 52.3 Å². The molecule has 1 amide bonds. The number of nitrogens with one attached hydrogen (secondary N) is 3. The maximum absolute atomic E-state index is 12.2. The SMILES string of the molecule is CN(c1ccc(-c2ccc(-c3cn[nH]c3)c3c2NC(=O)C3)nn1)[C@@H]1C[C@H]2CC[C@@H](C1)N2. The molecule has 3 aliphatic heterocycles. The zero-order valence-corrected chi connectivity index (χ0v) is 17.4. The lowest BCUT2D eigenvalue weighted by Crippen LogP contribution is -2.47. The average Bonchev–Trinajstić information content (AvgIpc) is 3.52. The summed E-state index contributed by atoms with van der Waals surface area (Å²) in [5, 5.41) is 22.7. The van der Waals surface area contributed by atoms with Crippen molar-refractivity contribution in [3.8, 4) is 22.4 Å². The number of hydrogen-bond acceptors (Lipinski definition) is 6. The molecule has 3 aliphatic rings. The molecule has 0 radical (unpaired) electrons. The minimum absolute atomic E-state index is 0.00274. The number of anilines is 2. The molecule has 0 aliphatic carbocycles. The Morgan fingerprint density at radius 1 is 1.03 bits per heavy atom. The van der Waals surface area contributed by atoms with Gasteiger partial charge < -0.3 is 15.5 Å². The van der Waals surface area contributed by atoms with E-state index in [9.17, 15) is 4.79 Å². The summed E-state index contributed by atoms with van der Waals surface area (Å²) in [7, 11) is 2.12. The Morgan fingerprint density at radius 2 is 1.84 bits per heavy atom. The van der Waals surface area contributed by atoms with Crippen LogP contribution in [0.15, 0.2) is 36.7 Å². The number of nitrogens with zero attached hydrogens (tertiary/aromatic N) is 4. The zero-order chi connectivity index (χ0) is 20.9.